The molecule has 0 saturated heterocycles. The van der Waals surface area contributed by atoms with Gasteiger partial charge in [0.05, 0.1) is 11.0 Å². The van der Waals surface area contributed by atoms with E-state index in [4.69, 9.17) is 11.0 Å². The summed E-state index contributed by atoms with van der Waals surface area (Å²) in [4.78, 5) is 10.0. The number of hydrogen-bond acceptors (Lipinski definition) is 4. The molecule has 0 radical (unpaired) electrons. The SMILES string of the molecule is Cc1ccc([N+](=O)[O-])cc1/C(N)=C/C#N. The van der Waals surface area contributed by atoms with Gasteiger partial charge in [-0.15, -0.1) is 0 Å². The van der Waals surface area contributed by atoms with Crippen LogP contribution in [0.3, 0.4) is 0 Å². The second-order valence-corrected chi connectivity index (χ2v) is 2.99. The van der Waals surface area contributed by atoms with Crippen LogP contribution in [-0.2, 0) is 0 Å². The van der Waals surface area contributed by atoms with Crippen molar-refractivity contribution >= 4 is 11.4 Å². The molecule has 0 aliphatic rings. The molecule has 5 heteroatoms. The smallest absolute Gasteiger partial charge is 0.270 e. The van der Waals surface area contributed by atoms with E-state index in [1.165, 1.54) is 12.1 Å². The van der Waals surface area contributed by atoms with Gasteiger partial charge in [-0.05, 0) is 12.5 Å². The lowest BCUT2D eigenvalue weighted by atomic mass is 10.1. The van der Waals surface area contributed by atoms with Crippen LogP contribution in [0.1, 0.15) is 11.1 Å². The minimum absolute atomic E-state index is 0.0371. The van der Waals surface area contributed by atoms with Crippen molar-refractivity contribution in [2.75, 3.05) is 0 Å². The van der Waals surface area contributed by atoms with Crippen LogP contribution in [-0.4, -0.2) is 4.92 Å². The Morgan fingerprint density at radius 2 is 2.33 bits per heavy atom. The van der Waals surface area contributed by atoms with Gasteiger partial charge in [0.25, 0.3) is 5.69 Å². The number of non-ortho nitro benzene ring substituents is 1. The quantitative estimate of drug-likeness (QED) is 0.450. The van der Waals surface area contributed by atoms with E-state index in [0.29, 0.717) is 5.56 Å². The van der Waals surface area contributed by atoms with Crippen LogP contribution in [0.15, 0.2) is 24.3 Å². The van der Waals surface area contributed by atoms with E-state index < -0.39 is 4.92 Å². The zero-order chi connectivity index (χ0) is 11.4. The Hall–Kier alpha value is -2.35. The highest BCUT2D eigenvalue weighted by molar-refractivity contribution is 5.69. The fraction of sp³-hybridized carbons (Fsp3) is 0.100. The first-order valence-electron chi connectivity index (χ1n) is 4.17. The Kier molecular flexibility index (Phi) is 3.03. The molecule has 0 heterocycles. The average Bonchev–Trinajstić information content (AvgIpc) is 2.18. The second-order valence-electron chi connectivity index (χ2n) is 2.99. The van der Waals surface area contributed by atoms with Gasteiger partial charge in [0.15, 0.2) is 0 Å². The van der Waals surface area contributed by atoms with Crippen molar-refractivity contribution in [3.63, 3.8) is 0 Å². The van der Waals surface area contributed by atoms with Crippen molar-refractivity contribution in [3.05, 3.63) is 45.5 Å². The average molecular weight is 203 g/mol. The third kappa shape index (κ3) is 2.31. The van der Waals surface area contributed by atoms with Crippen LogP contribution in [0.25, 0.3) is 5.70 Å². The molecule has 0 aliphatic heterocycles. The van der Waals surface area contributed by atoms with Crippen LogP contribution < -0.4 is 5.73 Å². The fourth-order valence-corrected chi connectivity index (χ4v) is 1.18. The summed E-state index contributed by atoms with van der Waals surface area (Å²) in [5, 5.41) is 19.0. The number of nitriles is 1. The number of aryl methyl sites for hydroxylation is 1. The number of nitrogens with zero attached hydrogens (tertiary/aromatic N) is 2. The van der Waals surface area contributed by atoms with Crippen molar-refractivity contribution in [2.24, 2.45) is 5.73 Å². The molecule has 1 aromatic carbocycles. The molecule has 0 bridgehead atoms. The van der Waals surface area contributed by atoms with Crippen LogP contribution >= 0.6 is 0 Å². The molecule has 0 unspecified atom stereocenters. The van der Waals surface area contributed by atoms with E-state index >= 15 is 0 Å². The van der Waals surface area contributed by atoms with Gasteiger partial charge in [-0.25, -0.2) is 0 Å². The van der Waals surface area contributed by atoms with Crippen molar-refractivity contribution in [1.82, 2.24) is 0 Å². The number of nitro groups is 1. The van der Waals surface area contributed by atoms with E-state index in [9.17, 15) is 10.1 Å². The minimum Gasteiger partial charge on any atom is -0.398 e. The van der Waals surface area contributed by atoms with Gasteiger partial charge in [-0.2, -0.15) is 5.26 Å². The highest BCUT2D eigenvalue weighted by Gasteiger charge is 2.09. The largest absolute Gasteiger partial charge is 0.398 e. The van der Waals surface area contributed by atoms with Crippen LogP contribution in [0.4, 0.5) is 5.69 Å². The van der Waals surface area contributed by atoms with Crippen molar-refractivity contribution < 1.29 is 4.92 Å². The zero-order valence-electron chi connectivity index (χ0n) is 8.10. The summed E-state index contributed by atoms with van der Waals surface area (Å²) in [7, 11) is 0. The Morgan fingerprint density at radius 1 is 1.67 bits per heavy atom. The Morgan fingerprint density at radius 3 is 2.87 bits per heavy atom. The summed E-state index contributed by atoms with van der Waals surface area (Å²) in [6.45, 7) is 1.77. The molecule has 0 amide bonds. The molecule has 0 fully saturated rings. The standard InChI is InChI=1S/C10H9N3O2/c1-7-2-3-8(13(14)15)6-9(7)10(12)4-5-11/h2-4,6H,12H2,1H3/b10-4-. The number of rotatable bonds is 2. The molecule has 0 saturated carbocycles. The van der Waals surface area contributed by atoms with E-state index in [1.54, 1.807) is 19.1 Å². The van der Waals surface area contributed by atoms with E-state index in [-0.39, 0.29) is 11.4 Å². The van der Waals surface area contributed by atoms with Gasteiger partial charge in [0.2, 0.25) is 0 Å². The van der Waals surface area contributed by atoms with E-state index in [1.807, 2.05) is 0 Å². The highest BCUT2D eigenvalue weighted by Crippen LogP contribution is 2.21. The number of benzene rings is 1. The Labute approximate surface area is 86.6 Å². The number of nitro benzene ring substituents is 1. The summed E-state index contributed by atoms with van der Waals surface area (Å²) in [6, 6.07) is 6.15. The van der Waals surface area contributed by atoms with Gasteiger partial charge in [-0.1, -0.05) is 6.07 Å². The maximum Gasteiger partial charge on any atom is 0.270 e. The van der Waals surface area contributed by atoms with Gasteiger partial charge in [-0.3, -0.25) is 10.1 Å². The molecular formula is C10H9N3O2. The maximum absolute atomic E-state index is 10.5. The first-order chi connectivity index (χ1) is 7.06. The lowest BCUT2D eigenvalue weighted by molar-refractivity contribution is -0.384. The van der Waals surface area contributed by atoms with Gasteiger partial charge < -0.3 is 5.73 Å². The second kappa shape index (κ2) is 4.24. The maximum atomic E-state index is 10.5. The third-order valence-electron chi connectivity index (χ3n) is 1.96. The van der Waals surface area contributed by atoms with Crippen molar-refractivity contribution in [2.45, 2.75) is 6.92 Å². The normalized spacial score (nSPS) is 10.8. The first-order valence-corrected chi connectivity index (χ1v) is 4.17. The molecule has 1 aromatic rings. The van der Waals surface area contributed by atoms with E-state index in [0.717, 1.165) is 11.6 Å². The van der Waals surface area contributed by atoms with Gasteiger partial charge in [0, 0.05) is 29.5 Å². The minimum atomic E-state index is -0.497. The number of hydrogen-bond donors (Lipinski definition) is 1. The predicted molar refractivity (Wildman–Crippen MR) is 55.6 cm³/mol. The summed E-state index contributed by atoms with van der Waals surface area (Å²) < 4.78 is 0. The predicted octanol–water partition coefficient (Wildman–Crippen LogP) is 1.73. The van der Waals surface area contributed by atoms with Crippen LogP contribution in [0.5, 0.6) is 0 Å². The Balaban J connectivity index is 3.30. The highest BCUT2D eigenvalue weighted by atomic mass is 16.6. The number of allylic oxidation sites excluding steroid dienone is 1. The summed E-state index contributed by atoms with van der Waals surface area (Å²) in [5.74, 6) is 0. The molecule has 2 N–H and O–H groups in total. The van der Waals surface area contributed by atoms with Gasteiger partial charge >= 0.3 is 0 Å². The molecule has 0 aromatic heterocycles. The summed E-state index contributed by atoms with van der Waals surface area (Å²) in [6.07, 6.45) is 1.16. The monoisotopic (exact) mass is 203 g/mol. The molecular weight excluding hydrogens is 194 g/mol. The lowest BCUT2D eigenvalue weighted by Crippen LogP contribution is -2.00. The van der Waals surface area contributed by atoms with Crippen LogP contribution in [0, 0.1) is 28.4 Å². The zero-order valence-corrected chi connectivity index (χ0v) is 8.10. The molecule has 0 spiro atoms. The van der Waals surface area contributed by atoms with Crippen LogP contribution in [0.2, 0.25) is 0 Å². The molecule has 15 heavy (non-hydrogen) atoms. The molecule has 1 rings (SSSR count). The van der Waals surface area contributed by atoms with Crippen molar-refractivity contribution in [1.29, 1.82) is 5.26 Å². The lowest BCUT2D eigenvalue weighted by Gasteiger charge is -2.04. The van der Waals surface area contributed by atoms with Gasteiger partial charge in [0.1, 0.15) is 0 Å². The summed E-state index contributed by atoms with van der Waals surface area (Å²) >= 11 is 0. The number of nitrogens with two attached hydrogens (primary N) is 1. The topological polar surface area (TPSA) is 92.9 Å². The molecule has 0 aliphatic carbocycles. The Bertz CT molecular complexity index is 472. The third-order valence-corrected chi connectivity index (χ3v) is 1.96. The first kappa shape index (κ1) is 10.7. The van der Waals surface area contributed by atoms with Crippen molar-refractivity contribution in [3.8, 4) is 6.07 Å². The fourth-order valence-electron chi connectivity index (χ4n) is 1.18. The van der Waals surface area contributed by atoms with E-state index in [2.05, 4.69) is 0 Å². The molecule has 0 atom stereocenters. The molecule has 5 nitrogen and oxygen atoms in total. The summed E-state index contributed by atoms with van der Waals surface area (Å²) in [5.41, 5.74) is 7.10. The molecule has 76 valence electrons.